The molecule has 4 nitrogen and oxygen atoms in total. The van der Waals surface area contributed by atoms with Gasteiger partial charge >= 0.3 is 0 Å². The number of hydrazine groups is 1. The Morgan fingerprint density at radius 3 is 2.19 bits per heavy atom. The van der Waals surface area contributed by atoms with E-state index in [1.54, 1.807) is 0 Å². The number of hydrogen-bond acceptors (Lipinski definition) is 3. The van der Waals surface area contributed by atoms with E-state index in [2.05, 4.69) is 64.5 Å². The van der Waals surface area contributed by atoms with E-state index in [0.29, 0.717) is 6.54 Å². The minimum Gasteiger partial charge on any atom is -0.303 e. The molecule has 0 radical (unpaired) electrons. The Morgan fingerprint density at radius 1 is 0.844 bits per heavy atom. The highest BCUT2D eigenvalue weighted by atomic mass is 16.2. The molecule has 4 heteroatoms. The van der Waals surface area contributed by atoms with Crippen molar-refractivity contribution in [1.82, 2.24) is 9.91 Å². The molecule has 3 aromatic carbocycles. The van der Waals surface area contributed by atoms with Gasteiger partial charge in [-0.05, 0) is 61.7 Å². The number of hydrogen-bond donors (Lipinski definition) is 0. The van der Waals surface area contributed by atoms with Crippen LogP contribution in [-0.2, 0) is 16.8 Å². The van der Waals surface area contributed by atoms with Gasteiger partial charge in [-0.25, -0.2) is 10.0 Å². The Bertz CT molecular complexity index is 1060. The Morgan fingerprint density at radius 2 is 1.47 bits per heavy atom. The second-order valence-corrected chi connectivity index (χ2v) is 9.01. The molecule has 1 fully saturated rings. The van der Waals surface area contributed by atoms with Crippen molar-refractivity contribution >= 4 is 11.6 Å². The predicted molar refractivity (Wildman–Crippen MR) is 129 cm³/mol. The fraction of sp³-hybridized carbons (Fsp3) is 0.321. The third-order valence-corrected chi connectivity index (χ3v) is 7.01. The van der Waals surface area contributed by atoms with Gasteiger partial charge in [-0.1, -0.05) is 78.9 Å². The van der Waals surface area contributed by atoms with Gasteiger partial charge < -0.3 is 4.90 Å². The summed E-state index contributed by atoms with van der Waals surface area (Å²) in [5.74, 6) is 0.155. The normalized spacial score (nSPS) is 20.8. The quantitative estimate of drug-likeness (QED) is 0.541. The molecule has 0 bridgehead atoms. The Balaban J connectivity index is 1.56. The number of para-hydroxylation sites is 1. The standard InChI is InChI=1S/C28H31N3O/c1-29(22-23-12-4-2-5-13-23)31-26-17-9-8-16-25(26)28(27(31)32,24-14-6-3-7-15-24)18-21-30-19-10-11-20-30/h2-9,12-17H,10-11,18-22H2,1H3/t28-/m1/s1. The highest BCUT2D eigenvalue weighted by molar-refractivity contribution is 6.09. The number of likely N-dealkylation sites (tertiary alicyclic amines) is 1. The molecule has 5 rings (SSSR count). The van der Waals surface area contributed by atoms with Crippen molar-refractivity contribution in [3.63, 3.8) is 0 Å². The first kappa shape index (κ1) is 20.9. The van der Waals surface area contributed by atoms with Crippen molar-refractivity contribution in [2.24, 2.45) is 0 Å². The molecule has 0 spiro atoms. The molecule has 0 saturated carbocycles. The van der Waals surface area contributed by atoms with Crippen LogP contribution in [-0.4, -0.2) is 42.5 Å². The minimum atomic E-state index is -0.661. The summed E-state index contributed by atoms with van der Waals surface area (Å²) in [6, 6.07) is 29.1. The lowest BCUT2D eigenvalue weighted by Gasteiger charge is -2.34. The number of benzene rings is 3. The Hall–Kier alpha value is -2.95. The molecule has 32 heavy (non-hydrogen) atoms. The van der Waals surface area contributed by atoms with Crippen molar-refractivity contribution in [2.45, 2.75) is 31.2 Å². The average Bonchev–Trinajstić information content (AvgIpc) is 3.44. The monoisotopic (exact) mass is 425 g/mol. The zero-order chi connectivity index (χ0) is 22.0. The molecular weight excluding hydrogens is 394 g/mol. The number of fused-ring (bicyclic) bond motifs is 1. The number of carbonyl (C=O) groups excluding carboxylic acids is 1. The van der Waals surface area contributed by atoms with Crippen LogP contribution in [0.15, 0.2) is 84.9 Å². The van der Waals surface area contributed by atoms with Gasteiger partial charge in [0.25, 0.3) is 5.91 Å². The maximum absolute atomic E-state index is 14.4. The third kappa shape index (κ3) is 3.64. The van der Waals surface area contributed by atoms with Gasteiger partial charge in [0, 0.05) is 13.6 Å². The van der Waals surface area contributed by atoms with Gasteiger partial charge in [0.05, 0.1) is 5.69 Å². The van der Waals surface area contributed by atoms with E-state index >= 15 is 0 Å². The van der Waals surface area contributed by atoms with Crippen LogP contribution >= 0.6 is 0 Å². The van der Waals surface area contributed by atoms with Crippen LogP contribution in [0.1, 0.15) is 36.0 Å². The van der Waals surface area contributed by atoms with Crippen LogP contribution in [0.5, 0.6) is 0 Å². The number of anilines is 1. The average molecular weight is 426 g/mol. The van der Waals surface area contributed by atoms with E-state index in [-0.39, 0.29) is 5.91 Å². The summed E-state index contributed by atoms with van der Waals surface area (Å²) in [6.45, 7) is 3.89. The maximum Gasteiger partial charge on any atom is 0.256 e. The van der Waals surface area contributed by atoms with Crippen molar-refractivity contribution in [1.29, 1.82) is 0 Å². The summed E-state index contributed by atoms with van der Waals surface area (Å²) in [6.07, 6.45) is 3.31. The second kappa shape index (κ2) is 8.89. The molecule has 164 valence electrons. The lowest BCUT2D eigenvalue weighted by atomic mass is 9.72. The highest BCUT2D eigenvalue weighted by Gasteiger charge is 2.53. The number of amides is 1. The van der Waals surface area contributed by atoms with Gasteiger partial charge in [0.15, 0.2) is 0 Å². The van der Waals surface area contributed by atoms with Gasteiger partial charge in [-0.2, -0.15) is 0 Å². The summed E-state index contributed by atoms with van der Waals surface area (Å²) in [7, 11) is 2.02. The summed E-state index contributed by atoms with van der Waals surface area (Å²) in [5, 5.41) is 3.98. The first-order chi connectivity index (χ1) is 15.7. The van der Waals surface area contributed by atoms with Gasteiger partial charge in [0.1, 0.15) is 5.41 Å². The smallest absolute Gasteiger partial charge is 0.256 e. The topological polar surface area (TPSA) is 26.8 Å². The van der Waals surface area contributed by atoms with Gasteiger partial charge in [-0.3, -0.25) is 4.79 Å². The SMILES string of the molecule is CN(Cc1ccccc1)N1C(=O)[C@](CCN2CCCC2)(c2ccccc2)c2ccccc21. The van der Waals surface area contributed by atoms with E-state index in [4.69, 9.17) is 0 Å². The zero-order valence-corrected chi connectivity index (χ0v) is 18.8. The molecule has 1 amide bonds. The van der Waals surface area contributed by atoms with Crippen molar-refractivity contribution < 1.29 is 4.79 Å². The summed E-state index contributed by atoms with van der Waals surface area (Å²) < 4.78 is 0. The lowest BCUT2D eigenvalue weighted by molar-refractivity contribution is -0.125. The highest BCUT2D eigenvalue weighted by Crippen LogP contribution is 2.49. The van der Waals surface area contributed by atoms with E-state index in [0.717, 1.165) is 42.9 Å². The number of nitrogens with zero attached hydrogens (tertiary/aromatic N) is 3. The summed E-state index contributed by atoms with van der Waals surface area (Å²) >= 11 is 0. The van der Waals surface area contributed by atoms with Crippen LogP contribution in [0.25, 0.3) is 0 Å². The molecule has 2 heterocycles. The second-order valence-electron chi connectivity index (χ2n) is 9.01. The fourth-order valence-corrected chi connectivity index (χ4v) is 5.40. The van der Waals surface area contributed by atoms with Gasteiger partial charge in [-0.15, -0.1) is 0 Å². The molecule has 1 saturated heterocycles. The van der Waals surface area contributed by atoms with Crippen LogP contribution in [0.2, 0.25) is 0 Å². The van der Waals surface area contributed by atoms with Crippen LogP contribution in [0, 0.1) is 0 Å². The zero-order valence-electron chi connectivity index (χ0n) is 18.8. The van der Waals surface area contributed by atoms with Crippen molar-refractivity contribution in [3.8, 4) is 0 Å². The molecule has 0 unspecified atom stereocenters. The summed E-state index contributed by atoms with van der Waals surface area (Å²) in [4.78, 5) is 16.9. The molecule has 0 aromatic heterocycles. The number of carbonyl (C=O) groups is 1. The summed E-state index contributed by atoms with van der Waals surface area (Å²) in [5.41, 5.74) is 3.74. The molecular formula is C28H31N3O. The van der Waals surface area contributed by atoms with E-state index < -0.39 is 5.41 Å². The molecule has 3 aromatic rings. The van der Waals surface area contributed by atoms with Crippen LogP contribution in [0.3, 0.4) is 0 Å². The number of rotatable bonds is 7. The van der Waals surface area contributed by atoms with Crippen LogP contribution in [0.4, 0.5) is 5.69 Å². The molecule has 1 atom stereocenters. The maximum atomic E-state index is 14.4. The van der Waals surface area contributed by atoms with Crippen molar-refractivity contribution in [2.75, 3.05) is 31.7 Å². The lowest BCUT2D eigenvalue weighted by Crippen LogP contribution is -2.49. The largest absolute Gasteiger partial charge is 0.303 e. The fourth-order valence-electron chi connectivity index (χ4n) is 5.40. The molecule has 0 N–H and O–H groups in total. The van der Waals surface area contributed by atoms with Gasteiger partial charge in [0.2, 0.25) is 0 Å². The molecule has 2 aliphatic rings. The Labute approximate surface area is 191 Å². The van der Waals surface area contributed by atoms with E-state index in [1.807, 2.05) is 42.4 Å². The Kier molecular flexibility index (Phi) is 5.81. The molecule has 0 aliphatic carbocycles. The van der Waals surface area contributed by atoms with E-state index in [9.17, 15) is 4.79 Å². The first-order valence-corrected chi connectivity index (χ1v) is 11.7. The van der Waals surface area contributed by atoms with E-state index in [1.165, 1.54) is 18.4 Å². The first-order valence-electron chi connectivity index (χ1n) is 11.7. The third-order valence-electron chi connectivity index (χ3n) is 7.01. The van der Waals surface area contributed by atoms with Crippen molar-refractivity contribution in [3.05, 3.63) is 102 Å². The minimum absolute atomic E-state index is 0.155. The predicted octanol–water partition coefficient (Wildman–Crippen LogP) is 4.85. The molecule has 2 aliphatic heterocycles. The van der Waals surface area contributed by atoms with Crippen LogP contribution < -0.4 is 5.01 Å².